The lowest BCUT2D eigenvalue weighted by Gasteiger charge is -2.27. The van der Waals surface area contributed by atoms with Crippen LogP contribution in [0.4, 0.5) is 22.1 Å². The van der Waals surface area contributed by atoms with Crippen LogP contribution in [0.2, 0.25) is 0 Å². The van der Waals surface area contributed by atoms with Crippen LogP contribution >= 0.6 is 0 Å². The second kappa shape index (κ2) is 12.6. The number of methoxy groups -OCH3 is 2. The summed E-state index contributed by atoms with van der Waals surface area (Å²) in [6.45, 7) is 6.83. The van der Waals surface area contributed by atoms with Gasteiger partial charge in [0.05, 0.1) is 33.1 Å². The molecule has 0 atom stereocenters. The average Bonchev–Trinajstić information content (AvgIpc) is 3.00. The topological polar surface area (TPSA) is 99.1 Å². The van der Waals surface area contributed by atoms with E-state index in [0.717, 1.165) is 35.6 Å². The molecule has 1 aliphatic heterocycles. The molecule has 0 bridgehead atoms. The van der Waals surface area contributed by atoms with Crippen molar-refractivity contribution in [3.63, 3.8) is 0 Å². The Morgan fingerprint density at radius 2 is 1.76 bits per heavy atom. The number of ether oxygens (including phenoxy) is 4. The van der Waals surface area contributed by atoms with E-state index in [2.05, 4.69) is 14.9 Å². The molecule has 0 spiro atoms. The van der Waals surface area contributed by atoms with Crippen LogP contribution in [0.1, 0.15) is 22.5 Å². The van der Waals surface area contributed by atoms with Gasteiger partial charge in [0.1, 0.15) is 34.7 Å². The number of aromatic nitrogens is 3. The Morgan fingerprint density at radius 1 is 0.976 bits per heavy atom. The van der Waals surface area contributed by atoms with Gasteiger partial charge >= 0.3 is 6.09 Å². The lowest BCUT2D eigenvalue weighted by Crippen LogP contribution is -2.36. The molecule has 10 heteroatoms. The van der Waals surface area contributed by atoms with E-state index in [1.165, 1.54) is 12.0 Å². The van der Waals surface area contributed by atoms with E-state index >= 15 is 0 Å². The number of para-hydroxylation sites is 1. The molecule has 0 N–H and O–H groups in total. The zero-order chi connectivity index (χ0) is 28.8. The highest BCUT2D eigenvalue weighted by Crippen LogP contribution is 2.37. The average molecular weight is 556 g/mol. The first-order chi connectivity index (χ1) is 20.0. The van der Waals surface area contributed by atoms with Crippen LogP contribution in [-0.4, -0.2) is 61.6 Å². The number of pyridine rings is 1. The first kappa shape index (κ1) is 27.9. The summed E-state index contributed by atoms with van der Waals surface area (Å²) in [6, 6.07) is 16.6. The van der Waals surface area contributed by atoms with E-state index in [1.807, 2.05) is 50.4 Å². The number of hydrogen-bond donors (Lipinski definition) is 0. The molecular weight excluding hydrogens is 522 g/mol. The molecule has 1 fully saturated rings. The Bertz CT molecular complexity index is 1490. The fourth-order valence-corrected chi connectivity index (χ4v) is 4.66. The number of amides is 1. The minimum absolute atomic E-state index is 0.340. The summed E-state index contributed by atoms with van der Waals surface area (Å²) in [5.41, 5.74) is 3.09. The molecule has 1 saturated heterocycles. The zero-order valence-corrected chi connectivity index (χ0v) is 23.7. The lowest BCUT2D eigenvalue weighted by molar-refractivity contribution is 0.122. The van der Waals surface area contributed by atoms with Crippen molar-refractivity contribution in [3.05, 3.63) is 89.5 Å². The number of carbonyl (C=O) groups is 1. The fourth-order valence-electron chi connectivity index (χ4n) is 4.66. The molecule has 41 heavy (non-hydrogen) atoms. The summed E-state index contributed by atoms with van der Waals surface area (Å²) in [4.78, 5) is 31.3. The third-order valence-corrected chi connectivity index (χ3v) is 6.83. The van der Waals surface area contributed by atoms with Gasteiger partial charge in [-0.3, -0.25) is 0 Å². The van der Waals surface area contributed by atoms with E-state index in [4.69, 9.17) is 23.9 Å². The van der Waals surface area contributed by atoms with Gasteiger partial charge in [-0.15, -0.1) is 0 Å². The van der Waals surface area contributed by atoms with E-state index in [0.29, 0.717) is 54.2 Å². The van der Waals surface area contributed by atoms with Gasteiger partial charge < -0.3 is 23.8 Å². The van der Waals surface area contributed by atoms with Crippen molar-refractivity contribution in [2.75, 3.05) is 50.3 Å². The number of carbonyl (C=O) groups excluding carboxylic acids is 1. The molecule has 0 unspecified atom stereocenters. The highest BCUT2D eigenvalue weighted by Gasteiger charge is 2.27. The third-order valence-electron chi connectivity index (χ3n) is 6.83. The van der Waals surface area contributed by atoms with Gasteiger partial charge in [-0.2, -0.15) is 0 Å². The monoisotopic (exact) mass is 555 g/mol. The number of morpholine rings is 1. The van der Waals surface area contributed by atoms with Crippen molar-refractivity contribution in [1.82, 2.24) is 15.0 Å². The zero-order valence-electron chi connectivity index (χ0n) is 23.7. The normalized spacial score (nSPS) is 13.0. The van der Waals surface area contributed by atoms with Crippen molar-refractivity contribution >= 4 is 23.4 Å². The van der Waals surface area contributed by atoms with Crippen LogP contribution in [-0.2, 0) is 11.2 Å². The molecule has 10 nitrogen and oxygen atoms in total. The van der Waals surface area contributed by atoms with Crippen molar-refractivity contribution < 1.29 is 23.7 Å². The maximum Gasteiger partial charge on any atom is 0.425 e. The molecule has 212 valence electrons. The molecular formula is C31H33N5O5. The number of aryl methyl sites for hydroxylation is 2. The van der Waals surface area contributed by atoms with E-state index in [1.54, 1.807) is 37.6 Å². The molecule has 0 saturated carbocycles. The quantitative estimate of drug-likeness (QED) is 0.288. The Morgan fingerprint density at radius 3 is 2.44 bits per heavy atom. The Kier molecular flexibility index (Phi) is 8.59. The number of anilines is 3. The molecule has 1 amide bonds. The molecule has 0 aliphatic carbocycles. The van der Waals surface area contributed by atoms with Crippen LogP contribution in [0.3, 0.4) is 0 Å². The van der Waals surface area contributed by atoms with E-state index in [9.17, 15) is 4.79 Å². The second-order valence-electron chi connectivity index (χ2n) is 9.59. The molecule has 5 rings (SSSR count). The minimum Gasteiger partial charge on any atom is -0.497 e. The maximum atomic E-state index is 13.8. The lowest BCUT2D eigenvalue weighted by atomic mass is 10.1. The van der Waals surface area contributed by atoms with Crippen LogP contribution in [0.25, 0.3) is 0 Å². The maximum absolute atomic E-state index is 13.8. The molecule has 1 aliphatic rings. The van der Waals surface area contributed by atoms with Crippen LogP contribution < -0.4 is 24.0 Å². The molecule has 4 aromatic rings. The second-order valence-corrected chi connectivity index (χ2v) is 9.59. The van der Waals surface area contributed by atoms with Gasteiger partial charge in [-0.25, -0.2) is 24.6 Å². The fraction of sp³-hybridized carbons (Fsp3) is 0.290. The molecule has 2 aromatic carbocycles. The number of hydrogen-bond acceptors (Lipinski definition) is 9. The standard InChI is InChI=1S/C31H33N5O5/c1-21-6-5-7-22(2)30(21)41-31(37)36(25-10-9-24(38-3)19-26(25)39-4)29-12-13-32-27(34-29)18-23-8-11-28(33-20-23)35-14-16-40-17-15-35/h5-13,19-20H,14-18H2,1-4H3. The van der Waals surface area contributed by atoms with Crippen LogP contribution in [0, 0.1) is 13.8 Å². The van der Waals surface area contributed by atoms with Crippen molar-refractivity contribution in [3.8, 4) is 17.2 Å². The predicted molar refractivity (Wildman–Crippen MR) is 156 cm³/mol. The Hall–Kier alpha value is -4.70. The number of nitrogens with zero attached hydrogens (tertiary/aromatic N) is 5. The summed E-state index contributed by atoms with van der Waals surface area (Å²) in [6.07, 6.45) is 3.26. The first-order valence-electron chi connectivity index (χ1n) is 13.4. The molecule has 3 heterocycles. The number of rotatable bonds is 8. The van der Waals surface area contributed by atoms with E-state index < -0.39 is 6.09 Å². The smallest absolute Gasteiger partial charge is 0.425 e. The Labute approximate surface area is 239 Å². The SMILES string of the molecule is COc1ccc(N(C(=O)Oc2c(C)cccc2C)c2ccnc(Cc3ccc(N4CCOCC4)nc3)n2)c(OC)c1. The van der Waals surface area contributed by atoms with Crippen molar-refractivity contribution in [2.24, 2.45) is 0 Å². The van der Waals surface area contributed by atoms with E-state index in [-0.39, 0.29) is 0 Å². The largest absolute Gasteiger partial charge is 0.497 e. The summed E-state index contributed by atoms with van der Waals surface area (Å²) in [7, 11) is 3.10. The molecule has 0 radical (unpaired) electrons. The summed E-state index contributed by atoms with van der Waals surface area (Å²) >= 11 is 0. The summed E-state index contributed by atoms with van der Waals surface area (Å²) in [5, 5.41) is 0. The van der Waals surface area contributed by atoms with Gasteiger partial charge in [-0.1, -0.05) is 24.3 Å². The van der Waals surface area contributed by atoms with Gasteiger partial charge in [0.25, 0.3) is 0 Å². The minimum atomic E-state index is -0.632. The summed E-state index contributed by atoms with van der Waals surface area (Å²) < 4.78 is 22.4. The van der Waals surface area contributed by atoms with Crippen LogP contribution in [0.5, 0.6) is 17.2 Å². The number of benzene rings is 2. The first-order valence-corrected chi connectivity index (χ1v) is 13.4. The van der Waals surface area contributed by atoms with Crippen LogP contribution in [0.15, 0.2) is 67.0 Å². The van der Waals surface area contributed by atoms with Crippen molar-refractivity contribution in [2.45, 2.75) is 20.3 Å². The Balaban J connectivity index is 1.46. The predicted octanol–water partition coefficient (Wildman–Crippen LogP) is 5.27. The van der Waals surface area contributed by atoms with Gasteiger partial charge in [-0.05, 0) is 54.8 Å². The third kappa shape index (κ3) is 6.38. The highest BCUT2D eigenvalue weighted by atomic mass is 16.6. The summed E-state index contributed by atoms with van der Waals surface area (Å²) in [5.74, 6) is 3.29. The molecule has 2 aromatic heterocycles. The van der Waals surface area contributed by atoms with Gasteiger partial charge in [0, 0.05) is 38.0 Å². The van der Waals surface area contributed by atoms with Crippen molar-refractivity contribution in [1.29, 1.82) is 0 Å². The van der Waals surface area contributed by atoms with Gasteiger partial charge in [0.15, 0.2) is 0 Å². The van der Waals surface area contributed by atoms with Gasteiger partial charge in [0.2, 0.25) is 0 Å². The highest BCUT2D eigenvalue weighted by molar-refractivity contribution is 5.98.